The van der Waals surface area contributed by atoms with Crippen LogP contribution in [0.5, 0.6) is 5.88 Å². The highest BCUT2D eigenvalue weighted by molar-refractivity contribution is 5.75. The van der Waals surface area contributed by atoms with Crippen molar-refractivity contribution in [2.24, 2.45) is 0 Å². The molecule has 34 heavy (non-hydrogen) atoms. The highest BCUT2D eigenvalue weighted by atomic mass is 19.1. The van der Waals surface area contributed by atoms with Crippen LogP contribution in [0.2, 0.25) is 0 Å². The van der Waals surface area contributed by atoms with E-state index in [1.807, 2.05) is 18.3 Å². The van der Waals surface area contributed by atoms with E-state index >= 15 is 0 Å². The average molecular weight is 463 g/mol. The molecular formula is C24H27FN8O. The number of hydrogen-bond donors (Lipinski definition) is 1. The summed E-state index contributed by atoms with van der Waals surface area (Å²) in [6, 6.07) is 9.05. The van der Waals surface area contributed by atoms with Gasteiger partial charge in [-0.25, -0.2) is 18.9 Å². The number of aromatic nitrogens is 5. The van der Waals surface area contributed by atoms with Gasteiger partial charge in [0.25, 0.3) is 0 Å². The van der Waals surface area contributed by atoms with Gasteiger partial charge in [0.05, 0.1) is 19.0 Å². The van der Waals surface area contributed by atoms with Crippen molar-refractivity contribution in [2.45, 2.75) is 6.42 Å². The summed E-state index contributed by atoms with van der Waals surface area (Å²) in [6.45, 7) is 5.30. The maximum Gasteiger partial charge on any atom is 0.213 e. The molecule has 0 radical (unpaired) electrons. The first-order valence-electron chi connectivity index (χ1n) is 11.3. The molecule has 1 aliphatic heterocycles. The summed E-state index contributed by atoms with van der Waals surface area (Å²) in [5, 5.41) is 7.81. The van der Waals surface area contributed by atoms with Crippen molar-refractivity contribution in [3.8, 4) is 17.4 Å². The first kappa shape index (κ1) is 22.2. The van der Waals surface area contributed by atoms with E-state index in [4.69, 9.17) is 14.8 Å². The fourth-order valence-corrected chi connectivity index (χ4v) is 4.01. The molecule has 1 saturated heterocycles. The Hall–Kier alpha value is -3.63. The first-order chi connectivity index (χ1) is 16.6. The van der Waals surface area contributed by atoms with Crippen molar-refractivity contribution in [3.63, 3.8) is 0 Å². The number of nitrogens with zero attached hydrogens (tertiary/aromatic N) is 7. The van der Waals surface area contributed by atoms with Crippen LogP contribution in [0.4, 0.5) is 15.9 Å². The van der Waals surface area contributed by atoms with E-state index in [1.54, 1.807) is 23.8 Å². The number of anilines is 2. The van der Waals surface area contributed by atoms with Gasteiger partial charge in [0.15, 0.2) is 11.6 Å². The maximum absolute atomic E-state index is 14.3. The van der Waals surface area contributed by atoms with E-state index in [2.05, 4.69) is 38.2 Å². The number of pyridine rings is 2. The van der Waals surface area contributed by atoms with Gasteiger partial charge in [-0.3, -0.25) is 4.98 Å². The standard InChI is InChI=1S/C24H27FN8O/c1-31-10-12-32(13-11-31)9-7-17-14-21-24(28-19-6-8-26-15-18(19)25)29-23(30-33(21)16-17)20-4-3-5-22(27-20)34-2/h3-6,8,14-16H,7,9-13H2,1-2H3,(H,26,28,29,30). The van der Waals surface area contributed by atoms with Crippen molar-refractivity contribution in [1.29, 1.82) is 0 Å². The lowest BCUT2D eigenvalue weighted by Gasteiger charge is -2.32. The summed E-state index contributed by atoms with van der Waals surface area (Å²) in [5.41, 5.74) is 2.76. The minimum atomic E-state index is -0.456. The molecule has 0 amide bonds. The summed E-state index contributed by atoms with van der Waals surface area (Å²) in [6.07, 6.45) is 5.60. The van der Waals surface area contributed by atoms with Gasteiger partial charge < -0.3 is 19.9 Å². The van der Waals surface area contributed by atoms with Crippen LogP contribution in [0.15, 0.2) is 48.9 Å². The lowest BCUT2D eigenvalue weighted by atomic mass is 10.2. The number of fused-ring (bicyclic) bond motifs is 1. The van der Waals surface area contributed by atoms with Crippen molar-refractivity contribution in [3.05, 3.63) is 60.3 Å². The molecule has 4 aromatic heterocycles. The predicted octanol–water partition coefficient (Wildman–Crippen LogP) is 2.87. The van der Waals surface area contributed by atoms with Crippen LogP contribution >= 0.6 is 0 Å². The second-order valence-electron chi connectivity index (χ2n) is 8.40. The Morgan fingerprint density at radius 3 is 2.76 bits per heavy atom. The van der Waals surface area contributed by atoms with E-state index in [1.165, 1.54) is 12.4 Å². The minimum absolute atomic E-state index is 0.292. The smallest absolute Gasteiger partial charge is 0.213 e. The predicted molar refractivity (Wildman–Crippen MR) is 128 cm³/mol. The monoisotopic (exact) mass is 462 g/mol. The molecule has 10 heteroatoms. The Morgan fingerprint density at radius 2 is 1.97 bits per heavy atom. The third kappa shape index (κ3) is 4.82. The molecule has 1 N–H and O–H groups in total. The fourth-order valence-electron chi connectivity index (χ4n) is 4.01. The van der Waals surface area contributed by atoms with E-state index in [9.17, 15) is 4.39 Å². The molecule has 1 fully saturated rings. The zero-order valence-corrected chi connectivity index (χ0v) is 19.3. The normalized spacial score (nSPS) is 15.0. The topological polar surface area (TPSA) is 83.7 Å². The Bertz CT molecular complexity index is 1290. The van der Waals surface area contributed by atoms with Gasteiger partial charge in [-0.15, -0.1) is 5.10 Å². The lowest BCUT2D eigenvalue weighted by molar-refractivity contribution is 0.155. The van der Waals surface area contributed by atoms with Gasteiger partial charge >= 0.3 is 0 Å². The first-order valence-corrected chi connectivity index (χ1v) is 11.3. The summed E-state index contributed by atoms with van der Waals surface area (Å²) < 4.78 is 21.4. The number of methoxy groups -OCH3 is 1. The van der Waals surface area contributed by atoms with Gasteiger partial charge in [0, 0.05) is 51.2 Å². The van der Waals surface area contributed by atoms with Crippen LogP contribution in [0.1, 0.15) is 5.56 Å². The van der Waals surface area contributed by atoms with Gasteiger partial charge in [-0.1, -0.05) is 6.07 Å². The molecular weight excluding hydrogens is 435 g/mol. The van der Waals surface area contributed by atoms with Crippen molar-refractivity contribution >= 4 is 17.0 Å². The van der Waals surface area contributed by atoms with Crippen LogP contribution in [-0.4, -0.2) is 81.2 Å². The number of nitrogens with one attached hydrogen (secondary N) is 1. The molecule has 4 aromatic rings. The fraction of sp³-hybridized carbons (Fsp3) is 0.333. The molecule has 5 heterocycles. The molecule has 176 valence electrons. The Morgan fingerprint density at radius 1 is 1.12 bits per heavy atom. The Kier molecular flexibility index (Phi) is 6.33. The van der Waals surface area contributed by atoms with E-state index in [0.29, 0.717) is 28.9 Å². The zero-order valence-electron chi connectivity index (χ0n) is 19.3. The van der Waals surface area contributed by atoms with Gasteiger partial charge in [-0.05, 0) is 37.2 Å². The van der Waals surface area contributed by atoms with Gasteiger partial charge in [-0.2, -0.15) is 0 Å². The Labute approximate surface area is 197 Å². The number of rotatable bonds is 7. The third-order valence-corrected chi connectivity index (χ3v) is 6.02. The second kappa shape index (κ2) is 9.70. The highest BCUT2D eigenvalue weighted by Crippen LogP contribution is 2.26. The van der Waals surface area contributed by atoms with Crippen molar-refractivity contribution in [2.75, 3.05) is 52.2 Å². The second-order valence-corrected chi connectivity index (χ2v) is 8.40. The van der Waals surface area contributed by atoms with Crippen LogP contribution in [0.3, 0.4) is 0 Å². The maximum atomic E-state index is 14.3. The number of piperazine rings is 1. The highest BCUT2D eigenvalue weighted by Gasteiger charge is 2.17. The average Bonchev–Trinajstić information content (AvgIpc) is 3.28. The molecule has 0 atom stereocenters. The minimum Gasteiger partial charge on any atom is -0.481 e. The SMILES string of the molecule is COc1cccc(-c2nc(Nc3ccncc3F)c3cc(CCN4CCN(C)CC4)cn3n2)n1. The molecule has 0 unspecified atom stereocenters. The lowest BCUT2D eigenvalue weighted by Crippen LogP contribution is -2.45. The van der Waals surface area contributed by atoms with Crippen LogP contribution in [0.25, 0.3) is 17.0 Å². The summed E-state index contributed by atoms with van der Waals surface area (Å²) in [4.78, 5) is 17.8. The zero-order chi connectivity index (χ0) is 23.5. The van der Waals surface area contributed by atoms with Crippen LogP contribution < -0.4 is 10.1 Å². The number of halogens is 1. The Balaban J connectivity index is 1.49. The van der Waals surface area contributed by atoms with Crippen molar-refractivity contribution in [1.82, 2.24) is 34.4 Å². The molecule has 0 aromatic carbocycles. The quantitative estimate of drug-likeness (QED) is 0.449. The van der Waals surface area contributed by atoms with E-state index in [0.717, 1.165) is 50.2 Å². The van der Waals surface area contributed by atoms with Crippen molar-refractivity contribution < 1.29 is 9.13 Å². The molecule has 0 saturated carbocycles. The van der Waals surface area contributed by atoms with Crippen LogP contribution in [0, 0.1) is 5.82 Å². The summed E-state index contributed by atoms with van der Waals surface area (Å²) in [7, 11) is 3.72. The number of hydrogen-bond acceptors (Lipinski definition) is 8. The number of ether oxygens (including phenoxy) is 1. The summed E-state index contributed by atoms with van der Waals surface area (Å²) in [5.74, 6) is 0.911. The van der Waals surface area contributed by atoms with Gasteiger partial charge in [0.1, 0.15) is 11.2 Å². The van der Waals surface area contributed by atoms with Crippen LogP contribution in [-0.2, 0) is 6.42 Å². The molecule has 0 bridgehead atoms. The van der Waals surface area contributed by atoms with E-state index in [-0.39, 0.29) is 0 Å². The molecule has 5 rings (SSSR count). The van der Waals surface area contributed by atoms with E-state index < -0.39 is 5.82 Å². The third-order valence-electron chi connectivity index (χ3n) is 6.02. The largest absolute Gasteiger partial charge is 0.481 e. The molecule has 0 aliphatic carbocycles. The molecule has 0 spiro atoms. The number of likely N-dealkylation sites (N-methyl/N-ethyl adjacent to an activating group) is 1. The molecule has 9 nitrogen and oxygen atoms in total. The summed E-state index contributed by atoms with van der Waals surface area (Å²) >= 11 is 0. The van der Waals surface area contributed by atoms with Gasteiger partial charge in [0.2, 0.25) is 11.7 Å². The molecule has 1 aliphatic rings.